The molecule has 12 aromatic rings. The van der Waals surface area contributed by atoms with Crippen LogP contribution < -0.4 is 0 Å². The van der Waals surface area contributed by atoms with Crippen LogP contribution in [0.15, 0.2) is 206 Å². The fraction of sp³-hybridized carbons (Fsp3) is 0. The van der Waals surface area contributed by atoms with Gasteiger partial charge in [0.1, 0.15) is 0 Å². The third-order valence-corrected chi connectivity index (χ3v) is 12.8. The van der Waals surface area contributed by atoms with Crippen LogP contribution in [-0.4, -0.2) is 19.5 Å². The number of aromatic nitrogens is 4. The van der Waals surface area contributed by atoms with Crippen LogP contribution in [0.2, 0.25) is 0 Å². The van der Waals surface area contributed by atoms with E-state index in [1.54, 1.807) is 0 Å². The fourth-order valence-corrected chi connectivity index (χ4v) is 9.96. The SMILES string of the molecule is c1ccc(-c2nc(-c3ccc(-c4ccc5nc(-c6ccccc6)c6sc7ccccc7c6c5c4)cc3)cc(-c3ccc(-n4c5ccccc5c5ccccc54)cc3)n2)cc1. The Bertz CT molecular complexity index is 3520. The Morgan fingerprint density at radius 3 is 1.57 bits per heavy atom. The Morgan fingerprint density at radius 2 is 0.900 bits per heavy atom. The average Bonchev–Trinajstić information content (AvgIpc) is 3.89. The summed E-state index contributed by atoms with van der Waals surface area (Å²) >= 11 is 1.82. The molecule has 0 unspecified atom stereocenters. The van der Waals surface area contributed by atoms with Crippen molar-refractivity contribution < 1.29 is 0 Å². The Balaban J connectivity index is 0.935. The lowest BCUT2D eigenvalue weighted by molar-refractivity contribution is 1.17. The highest BCUT2D eigenvalue weighted by Crippen LogP contribution is 2.44. The number of thiophene rings is 1. The zero-order chi connectivity index (χ0) is 39.6. The van der Waals surface area contributed by atoms with Crippen molar-refractivity contribution >= 4 is 64.2 Å². The van der Waals surface area contributed by atoms with Crippen LogP contribution in [0.5, 0.6) is 0 Å². The highest BCUT2D eigenvalue weighted by atomic mass is 32.1. The van der Waals surface area contributed by atoms with Gasteiger partial charge < -0.3 is 4.57 Å². The number of para-hydroxylation sites is 2. The molecule has 0 aliphatic heterocycles. The van der Waals surface area contributed by atoms with Gasteiger partial charge >= 0.3 is 0 Å². The minimum Gasteiger partial charge on any atom is -0.309 e. The highest BCUT2D eigenvalue weighted by molar-refractivity contribution is 7.26. The van der Waals surface area contributed by atoms with Crippen molar-refractivity contribution in [2.45, 2.75) is 0 Å². The number of rotatable bonds is 6. The Hall–Kier alpha value is -7.73. The third-order valence-electron chi connectivity index (χ3n) is 11.6. The normalized spacial score (nSPS) is 11.7. The van der Waals surface area contributed by atoms with E-state index in [1.165, 1.54) is 47.4 Å². The van der Waals surface area contributed by atoms with Gasteiger partial charge in [-0.15, -0.1) is 11.3 Å². The molecule has 0 saturated heterocycles. The maximum absolute atomic E-state index is 5.26. The van der Waals surface area contributed by atoms with Crippen LogP contribution in [0, 0.1) is 0 Å². The minimum atomic E-state index is 0.697. The summed E-state index contributed by atoms with van der Waals surface area (Å²) in [5, 5.41) is 6.20. The van der Waals surface area contributed by atoms with Crippen LogP contribution in [0.4, 0.5) is 0 Å². The van der Waals surface area contributed by atoms with Crippen LogP contribution in [-0.2, 0) is 0 Å². The molecular formula is C55H34N4S. The van der Waals surface area contributed by atoms with Crippen LogP contribution in [0.25, 0.3) is 115 Å². The molecule has 0 atom stereocenters. The van der Waals surface area contributed by atoms with E-state index in [0.29, 0.717) is 5.82 Å². The van der Waals surface area contributed by atoms with E-state index in [2.05, 4.69) is 193 Å². The van der Waals surface area contributed by atoms with E-state index in [4.69, 9.17) is 15.0 Å². The topological polar surface area (TPSA) is 43.6 Å². The first kappa shape index (κ1) is 34.3. The molecule has 0 aliphatic rings. The molecule has 60 heavy (non-hydrogen) atoms. The van der Waals surface area contributed by atoms with E-state index in [1.807, 2.05) is 29.5 Å². The van der Waals surface area contributed by atoms with Crippen molar-refractivity contribution in [2.75, 3.05) is 0 Å². The second kappa shape index (κ2) is 14.0. The predicted molar refractivity (Wildman–Crippen MR) is 252 cm³/mol. The molecule has 0 saturated carbocycles. The first-order valence-electron chi connectivity index (χ1n) is 20.2. The second-order valence-corrected chi connectivity index (χ2v) is 16.2. The lowest BCUT2D eigenvalue weighted by atomic mass is 9.98. The second-order valence-electron chi connectivity index (χ2n) is 15.2. The first-order valence-corrected chi connectivity index (χ1v) is 21.0. The van der Waals surface area contributed by atoms with E-state index in [9.17, 15) is 0 Å². The van der Waals surface area contributed by atoms with Crippen LogP contribution in [0.1, 0.15) is 0 Å². The molecule has 0 spiro atoms. The summed E-state index contributed by atoms with van der Waals surface area (Å²) in [5.41, 5.74) is 13.7. The average molecular weight is 783 g/mol. The number of pyridine rings is 1. The summed E-state index contributed by atoms with van der Waals surface area (Å²) in [6.07, 6.45) is 0. The smallest absolute Gasteiger partial charge is 0.160 e. The van der Waals surface area contributed by atoms with Crippen molar-refractivity contribution in [1.82, 2.24) is 19.5 Å². The highest BCUT2D eigenvalue weighted by Gasteiger charge is 2.18. The van der Waals surface area contributed by atoms with Crippen molar-refractivity contribution in [3.8, 4) is 62.0 Å². The predicted octanol–water partition coefficient (Wildman–Crippen LogP) is 14.8. The zero-order valence-corrected chi connectivity index (χ0v) is 33.1. The maximum Gasteiger partial charge on any atom is 0.160 e. The van der Waals surface area contributed by atoms with Crippen LogP contribution >= 0.6 is 11.3 Å². The molecule has 4 aromatic heterocycles. The number of hydrogen-bond donors (Lipinski definition) is 0. The first-order chi connectivity index (χ1) is 29.7. The summed E-state index contributed by atoms with van der Waals surface area (Å²) in [4.78, 5) is 15.5. The lowest BCUT2D eigenvalue weighted by Crippen LogP contribution is -1.97. The van der Waals surface area contributed by atoms with Gasteiger partial charge in [0, 0.05) is 59.6 Å². The summed E-state index contributed by atoms with van der Waals surface area (Å²) < 4.78 is 4.83. The molecule has 0 fully saturated rings. The van der Waals surface area contributed by atoms with Gasteiger partial charge in [-0.1, -0.05) is 158 Å². The number of hydrogen-bond acceptors (Lipinski definition) is 4. The molecule has 0 radical (unpaired) electrons. The van der Waals surface area contributed by atoms with Crippen molar-refractivity contribution in [3.63, 3.8) is 0 Å². The van der Waals surface area contributed by atoms with Gasteiger partial charge in [0.15, 0.2) is 5.82 Å². The number of nitrogens with zero attached hydrogens (tertiary/aromatic N) is 4. The quantitative estimate of drug-likeness (QED) is 0.169. The van der Waals surface area contributed by atoms with Gasteiger partial charge in [0.25, 0.3) is 0 Å². The Morgan fingerprint density at radius 1 is 0.367 bits per heavy atom. The molecule has 4 nitrogen and oxygen atoms in total. The van der Waals surface area contributed by atoms with Gasteiger partial charge in [-0.3, -0.25) is 0 Å². The van der Waals surface area contributed by atoms with Crippen molar-refractivity contribution in [2.24, 2.45) is 0 Å². The molecule has 280 valence electrons. The van der Waals surface area contributed by atoms with E-state index in [-0.39, 0.29) is 0 Å². The largest absolute Gasteiger partial charge is 0.309 e. The number of fused-ring (bicyclic) bond motifs is 8. The van der Waals surface area contributed by atoms with Crippen molar-refractivity contribution in [3.05, 3.63) is 206 Å². The van der Waals surface area contributed by atoms with Gasteiger partial charge in [-0.05, 0) is 59.7 Å². The summed E-state index contributed by atoms with van der Waals surface area (Å²) in [6, 6.07) is 73.0. The molecule has 0 aliphatic carbocycles. The van der Waals surface area contributed by atoms with E-state index >= 15 is 0 Å². The monoisotopic (exact) mass is 782 g/mol. The molecular weight excluding hydrogens is 749 g/mol. The summed E-state index contributed by atoms with van der Waals surface area (Å²) in [6.45, 7) is 0. The van der Waals surface area contributed by atoms with E-state index < -0.39 is 0 Å². The van der Waals surface area contributed by atoms with Gasteiger partial charge in [0.05, 0.1) is 38.3 Å². The zero-order valence-electron chi connectivity index (χ0n) is 32.3. The van der Waals surface area contributed by atoms with Gasteiger partial charge in [-0.25, -0.2) is 15.0 Å². The summed E-state index contributed by atoms with van der Waals surface area (Å²) in [7, 11) is 0. The standard InChI is InChI=1S/C55H34N4S/c1-3-13-38(14-4-1)53-54-52(44-19-9-12-22-51(44)60-54)45-33-40(29-32-46(45)56-53)35-23-25-36(26-24-35)47-34-48(58-55(57-47)39-15-5-2-6-16-39)37-27-30-41(31-28-37)59-49-20-10-7-17-42(49)43-18-8-11-21-50(43)59/h1-34H. The van der Waals surface area contributed by atoms with Gasteiger partial charge in [0.2, 0.25) is 0 Å². The molecule has 0 N–H and O–H groups in total. The maximum atomic E-state index is 5.26. The Kier molecular flexibility index (Phi) is 8.00. The van der Waals surface area contributed by atoms with Crippen LogP contribution in [0.3, 0.4) is 0 Å². The van der Waals surface area contributed by atoms with Gasteiger partial charge in [-0.2, -0.15) is 0 Å². The molecule has 0 amide bonds. The molecule has 5 heteroatoms. The fourth-order valence-electron chi connectivity index (χ4n) is 8.73. The van der Waals surface area contributed by atoms with Crippen molar-refractivity contribution in [1.29, 1.82) is 0 Å². The molecule has 8 aromatic carbocycles. The van der Waals surface area contributed by atoms with E-state index in [0.717, 1.165) is 61.7 Å². The Labute approximate surface area is 350 Å². The lowest BCUT2D eigenvalue weighted by Gasteiger charge is -2.12. The minimum absolute atomic E-state index is 0.697. The third kappa shape index (κ3) is 5.70. The molecule has 12 rings (SSSR count). The molecule has 4 heterocycles. The summed E-state index contributed by atoms with van der Waals surface area (Å²) in [5.74, 6) is 0.697. The molecule has 0 bridgehead atoms. The number of benzene rings is 8.